The van der Waals surface area contributed by atoms with Crippen molar-refractivity contribution in [3.8, 4) is 0 Å². The molecular weight excluding hydrogens is 438 g/mol. The van der Waals surface area contributed by atoms with Gasteiger partial charge in [-0.05, 0) is 81.7 Å². The third-order valence-electron chi connectivity index (χ3n) is 3.98. The van der Waals surface area contributed by atoms with Crippen LogP contribution >= 0.6 is 12.9 Å². The van der Waals surface area contributed by atoms with Gasteiger partial charge in [-0.3, -0.25) is 0 Å². The fraction of sp³-hybridized carbons (Fsp3) is 0.857. The minimum absolute atomic E-state index is 0. The molecule has 2 atom stereocenters. The van der Waals surface area contributed by atoms with Gasteiger partial charge < -0.3 is 17.6 Å². The molecule has 0 amide bonds. The summed E-state index contributed by atoms with van der Waals surface area (Å²) in [5, 5.41) is 30.6. The zero-order valence-electron chi connectivity index (χ0n) is 20.5. The zero-order chi connectivity index (χ0) is 22.4. The van der Waals surface area contributed by atoms with Crippen LogP contribution in [0.1, 0.15) is 86.5 Å². The number of aliphatic hydroxyl groups is 2. The van der Waals surface area contributed by atoms with Gasteiger partial charge in [0.1, 0.15) is 5.67 Å². The summed E-state index contributed by atoms with van der Waals surface area (Å²) in [6, 6.07) is 0. The summed E-state index contributed by atoms with van der Waals surface area (Å²) < 4.78 is 16.4. The molecule has 3 N–H and O–H groups in total. The fourth-order valence-corrected chi connectivity index (χ4v) is 2.30. The molecule has 180 valence electrons. The molecule has 0 unspecified atom stereocenters. The maximum Gasteiger partial charge on any atom is 1.00 e. The summed E-state index contributed by atoms with van der Waals surface area (Å²) in [7, 11) is 0. The van der Waals surface area contributed by atoms with Crippen LogP contribution in [-0.4, -0.2) is 34.4 Å². The number of hydrogen-bond donors (Lipinski definition) is 4. The van der Waals surface area contributed by atoms with Gasteiger partial charge in [-0.15, -0.1) is 4.33 Å². The maximum absolute atomic E-state index is 13.0. The van der Waals surface area contributed by atoms with Gasteiger partial charge in [0.05, 0.1) is 0 Å². The number of thiol groups is 1. The first-order chi connectivity index (χ1) is 13.0. The van der Waals surface area contributed by atoms with Crippen LogP contribution in [0.15, 0.2) is 11.6 Å². The number of rotatable bonds is 13. The SMILES string of the molecule is CC(C)=CCC[C@H](C)CCO.C[C@H](CCO)CCCC(C)(C)F.OOOOS.[CH3-].[K+]. The van der Waals surface area contributed by atoms with Gasteiger partial charge in [-0.1, -0.05) is 38.3 Å². The summed E-state index contributed by atoms with van der Waals surface area (Å²) in [6.45, 7) is 12.3. The van der Waals surface area contributed by atoms with E-state index in [0.717, 1.165) is 32.1 Å². The topological polar surface area (TPSA) is 88.4 Å². The van der Waals surface area contributed by atoms with E-state index in [4.69, 9.17) is 15.5 Å². The molecule has 0 aliphatic carbocycles. The Hall–Kier alpha value is 1.42. The van der Waals surface area contributed by atoms with E-state index in [1.165, 1.54) is 12.0 Å². The summed E-state index contributed by atoms with van der Waals surface area (Å²) in [6.07, 6.45) is 8.97. The summed E-state index contributed by atoms with van der Waals surface area (Å²) in [5.41, 5.74) is 0.361. The van der Waals surface area contributed by atoms with E-state index in [0.29, 0.717) is 24.9 Å². The Morgan fingerprint density at radius 3 is 1.80 bits per heavy atom. The smallest absolute Gasteiger partial charge is 0.396 e. The molecule has 0 bridgehead atoms. The Balaban J connectivity index is -0.000000108. The van der Waals surface area contributed by atoms with Crippen LogP contribution in [0.2, 0.25) is 0 Å². The molecule has 0 saturated carbocycles. The molecule has 0 aromatic heterocycles. The zero-order valence-corrected chi connectivity index (χ0v) is 24.5. The van der Waals surface area contributed by atoms with Gasteiger partial charge in [0.2, 0.25) is 0 Å². The molecule has 0 rings (SSSR count). The molecule has 0 radical (unpaired) electrons. The van der Waals surface area contributed by atoms with Crippen molar-refractivity contribution < 1.29 is 85.7 Å². The van der Waals surface area contributed by atoms with E-state index in [1.807, 2.05) is 0 Å². The number of allylic oxidation sites excluding steroid dienone is 2. The molecule has 0 spiro atoms. The summed E-state index contributed by atoms with van der Waals surface area (Å²) in [5.74, 6) is 1.19. The Morgan fingerprint density at radius 2 is 1.50 bits per heavy atom. The largest absolute Gasteiger partial charge is 1.00 e. The Kier molecular flexibility index (Phi) is 42.2. The third-order valence-corrected chi connectivity index (χ3v) is 4.05. The van der Waals surface area contributed by atoms with Crippen molar-refractivity contribution in [2.75, 3.05) is 13.2 Å². The quantitative estimate of drug-likeness (QED) is 0.0610. The van der Waals surface area contributed by atoms with Crippen molar-refractivity contribution in [1.82, 2.24) is 0 Å². The molecule has 9 heteroatoms. The van der Waals surface area contributed by atoms with Gasteiger partial charge in [-0.2, -0.15) is 0 Å². The molecule has 0 fully saturated rings. The van der Waals surface area contributed by atoms with Gasteiger partial charge in [0.15, 0.2) is 0 Å². The molecular formula is C21H46FKO6S. The Labute approximate surface area is 232 Å². The number of aliphatic hydroxyl groups excluding tert-OH is 2. The first-order valence-electron chi connectivity index (χ1n) is 9.86. The minimum Gasteiger partial charge on any atom is -0.396 e. The van der Waals surface area contributed by atoms with Crippen molar-refractivity contribution in [3.05, 3.63) is 19.1 Å². The van der Waals surface area contributed by atoms with Crippen LogP contribution in [0.4, 0.5) is 4.39 Å². The molecule has 6 nitrogen and oxygen atoms in total. The van der Waals surface area contributed by atoms with Crippen LogP contribution in [0.5, 0.6) is 0 Å². The number of hydrogen-bond acceptors (Lipinski definition) is 7. The average Bonchev–Trinajstić information content (AvgIpc) is 2.56. The molecule has 0 aromatic carbocycles. The fourth-order valence-electron chi connectivity index (χ4n) is 2.27. The van der Waals surface area contributed by atoms with Crippen molar-refractivity contribution in [2.45, 2.75) is 92.2 Å². The molecule has 0 aromatic rings. The first kappa shape index (κ1) is 41.7. The minimum atomic E-state index is -1.03. The maximum atomic E-state index is 13.0. The van der Waals surface area contributed by atoms with Gasteiger partial charge >= 0.3 is 51.4 Å². The monoisotopic (exact) mass is 484 g/mol. The van der Waals surface area contributed by atoms with Crippen molar-refractivity contribution in [2.24, 2.45) is 11.8 Å². The average molecular weight is 485 g/mol. The van der Waals surface area contributed by atoms with E-state index in [9.17, 15) is 4.39 Å². The third kappa shape index (κ3) is 47.3. The first-order valence-corrected chi connectivity index (χ1v) is 10.2. The summed E-state index contributed by atoms with van der Waals surface area (Å²) >= 11 is 2.99. The van der Waals surface area contributed by atoms with E-state index in [-0.39, 0.29) is 65.4 Å². The van der Waals surface area contributed by atoms with Crippen LogP contribution in [0, 0.1) is 19.3 Å². The van der Waals surface area contributed by atoms with Crippen LogP contribution in [0.3, 0.4) is 0 Å². The van der Waals surface area contributed by atoms with Crippen molar-refractivity contribution >= 4 is 12.9 Å². The molecule has 0 aliphatic heterocycles. The molecule has 0 aliphatic rings. The predicted octanol–water partition coefficient (Wildman–Crippen LogP) is 3.31. The van der Waals surface area contributed by atoms with E-state index in [2.05, 4.69) is 61.1 Å². The standard InChI is InChI=1S/C10H21FO.C10H20O.CH3.K.H2O4S/c1-9(6-8-12)5-4-7-10(2,3)11;1-9(2)5-4-6-10(3)7-8-11;;;1-2-3-4-5/h9,12H,4-8H2,1-3H3;5,10-11H,4,6-8H2,1-3H3;1H3;;1,5H/q;;-1;+1;/t9-;10-;;;/m00.../s1. The number of alkyl halides is 1. The molecule has 0 saturated heterocycles. The van der Waals surface area contributed by atoms with Gasteiger partial charge in [0.25, 0.3) is 0 Å². The van der Waals surface area contributed by atoms with Crippen LogP contribution in [-0.2, 0) is 14.4 Å². The normalized spacial score (nSPS) is 12.0. The van der Waals surface area contributed by atoms with Gasteiger partial charge in [-0.25, -0.2) is 9.65 Å². The van der Waals surface area contributed by atoms with Gasteiger partial charge in [0, 0.05) is 26.1 Å². The summed E-state index contributed by atoms with van der Waals surface area (Å²) in [4.78, 5) is 0. The molecule has 30 heavy (non-hydrogen) atoms. The molecule has 0 heterocycles. The predicted molar refractivity (Wildman–Crippen MR) is 121 cm³/mol. The second kappa shape index (κ2) is 30.4. The van der Waals surface area contributed by atoms with Crippen molar-refractivity contribution in [3.63, 3.8) is 0 Å². The van der Waals surface area contributed by atoms with Crippen LogP contribution < -0.4 is 51.4 Å². The second-order valence-electron chi connectivity index (χ2n) is 7.92. The van der Waals surface area contributed by atoms with E-state index in [1.54, 1.807) is 13.8 Å². The number of halogens is 1. The van der Waals surface area contributed by atoms with Crippen molar-refractivity contribution in [1.29, 1.82) is 0 Å². The Morgan fingerprint density at radius 1 is 1.03 bits per heavy atom. The Bertz CT molecular complexity index is 338. The van der Waals surface area contributed by atoms with E-state index < -0.39 is 5.67 Å². The van der Waals surface area contributed by atoms with E-state index >= 15 is 0 Å². The van der Waals surface area contributed by atoms with Crippen LogP contribution in [0.25, 0.3) is 0 Å². The second-order valence-corrected chi connectivity index (χ2v) is 8.07.